The fraction of sp³-hybridized carbons (Fsp3) is 0.100. The standard InChI is InChI=1S/C10H6BrClO2S2/c1-14-5-2-7(15-4-5)9(13)8-3-6(12)10(11)16-8/h2-4H,1H3. The zero-order valence-electron chi connectivity index (χ0n) is 8.12. The Morgan fingerprint density at radius 3 is 2.69 bits per heavy atom. The van der Waals surface area contributed by atoms with Gasteiger partial charge in [0.1, 0.15) is 5.75 Å². The molecule has 0 aliphatic carbocycles. The van der Waals surface area contributed by atoms with Gasteiger partial charge in [0.25, 0.3) is 0 Å². The number of halogens is 2. The molecule has 2 heterocycles. The van der Waals surface area contributed by atoms with Gasteiger partial charge in [-0.15, -0.1) is 22.7 Å². The molecule has 2 nitrogen and oxygen atoms in total. The van der Waals surface area contributed by atoms with E-state index in [-0.39, 0.29) is 5.78 Å². The minimum atomic E-state index is -0.0223. The van der Waals surface area contributed by atoms with E-state index < -0.39 is 0 Å². The van der Waals surface area contributed by atoms with Crippen molar-refractivity contribution in [2.24, 2.45) is 0 Å². The summed E-state index contributed by atoms with van der Waals surface area (Å²) in [6.45, 7) is 0. The lowest BCUT2D eigenvalue weighted by atomic mass is 10.3. The molecular formula is C10H6BrClO2S2. The second-order valence-corrected chi connectivity index (χ2v) is 6.60. The molecule has 0 saturated carbocycles. The molecular weight excluding hydrogens is 332 g/mol. The van der Waals surface area contributed by atoms with E-state index in [1.54, 1.807) is 24.6 Å². The Labute approximate surface area is 114 Å². The van der Waals surface area contributed by atoms with Gasteiger partial charge in [-0.2, -0.15) is 0 Å². The fourth-order valence-electron chi connectivity index (χ4n) is 1.12. The molecule has 0 amide bonds. The van der Waals surface area contributed by atoms with Crippen molar-refractivity contribution in [3.05, 3.63) is 36.1 Å². The topological polar surface area (TPSA) is 26.3 Å². The largest absolute Gasteiger partial charge is 0.496 e. The second-order valence-electron chi connectivity index (χ2n) is 2.91. The minimum Gasteiger partial charge on any atom is -0.496 e. The van der Waals surface area contributed by atoms with E-state index in [2.05, 4.69) is 15.9 Å². The molecule has 0 N–H and O–H groups in total. The van der Waals surface area contributed by atoms with Gasteiger partial charge in [-0.1, -0.05) is 11.6 Å². The second kappa shape index (κ2) is 4.87. The maximum absolute atomic E-state index is 12.0. The van der Waals surface area contributed by atoms with Gasteiger partial charge in [0.2, 0.25) is 5.78 Å². The van der Waals surface area contributed by atoms with Gasteiger partial charge in [-0.05, 0) is 22.0 Å². The van der Waals surface area contributed by atoms with Gasteiger partial charge in [0.05, 0.1) is 25.7 Å². The van der Waals surface area contributed by atoms with E-state index in [1.807, 2.05) is 0 Å². The molecule has 6 heteroatoms. The van der Waals surface area contributed by atoms with E-state index in [1.165, 1.54) is 22.7 Å². The third kappa shape index (κ3) is 2.32. The number of hydrogen-bond donors (Lipinski definition) is 0. The lowest BCUT2D eigenvalue weighted by Crippen LogP contribution is -1.94. The molecule has 0 radical (unpaired) electrons. The van der Waals surface area contributed by atoms with Crippen molar-refractivity contribution in [2.45, 2.75) is 0 Å². The molecule has 0 saturated heterocycles. The SMILES string of the molecule is COc1csc(C(=O)c2cc(Cl)c(Br)s2)c1. The van der Waals surface area contributed by atoms with E-state index in [4.69, 9.17) is 16.3 Å². The first-order chi connectivity index (χ1) is 7.61. The van der Waals surface area contributed by atoms with Gasteiger partial charge >= 0.3 is 0 Å². The van der Waals surface area contributed by atoms with Crippen LogP contribution < -0.4 is 4.74 Å². The first-order valence-corrected chi connectivity index (χ1v) is 7.10. The van der Waals surface area contributed by atoms with Crippen LogP contribution in [0.1, 0.15) is 14.5 Å². The van der Waals surface area contributed by atoms with Crippen LogP contribution in [0.25, 0.3) is 0 Å². The summed E-state index contributed by atoms with van der Waals surface area (Å²) < 4.78 is 5.81. The zero-order chi connectivity index (χ0) is 11.7. The van der Waals surface area contributed by atoms with Crippen LogP contribution in [0.3, 0.4) is 0 Å². The Bertz CT molecular complexity index is 513. The number of carbonyl (C=O) groups is 1. The molecule has 2 aromatic rings. The summed E-state index contributed by atoms with van der Waals surface area (Å²) >= 11 is 11.9. The molecule has 16 heavy (non-hydrogen) atoms. The van der Waals surface area contributed by atoms with E-state index in [0.717, 1.165) is 3.79 Å². The van der Waals surface area contributed by atoms with Crippen molar-refractivity contribution in [1.29, 1.82) is 0 Å². The quantitative estimate of drug-likeness (QED) is 0.773. The first-order valence-electron chi connectivity index (χ1n) is 4.24. The highest BCUT2D eigenvalue weighted by molar-refractivity contribution is 9.11. The number of ether oxygens (including phenoxy) is 1. The molecule has 0 fully saturated rings. The predicted molar refractivity (Wildman–Crippen MR) is 71.3 cm³/mol. The molecule has 0 aliphatic heterocycles. The number of methoxy groups -OCH3 is 1. The number of thiophene rings is 2. The van der Waals surface area contributed by atoms with Crippen LogP contribution in [0, 0.1) is 0 Å². The molecule has 0 atom stereocenters. The summed E-state index contributed by atoms with van der Waals surface area (Å²) in [7, 11) is 1.58. The average molecular weight is 338 g/mol. The average Bonchev–Trinajstić information content (AvgIpc) is 2.86. The Morgan fingerprint density at radius 1 is 1.44 bits per heavy atom. The lowest BCUT2D eigenvalue weighted by Gasteiger charge is -1.92. The summed E-state index contributed by atoms with van der Waals surface area (Å²) in [5, 5.41) is 2.37. The Kier molecular flexibility index (Phi) is 3.69. The molecule has 2 rings (SSSR count). The van der Waals surface area contributed by atoms with Crippen molar-refractivity contribution in [1.82, 2.24) is 0 Å². The van der Waals surface area contributed by atoms with Crippen LogP contribution >= 0.6 is 50.2 Å². The monoisotopic (exact) mass is 336 g/mol. The molecule has 84 valence electrons. The van der Waals surface area contributed by atoms with Crippen molar-refractivity contribution >= 4 is 56.0 Å². The summed E-state index contributed by atoms with van der Waals surface area (Å²) in [4.78, 5) is 13.3. The summed E-state index contributed by atoms with van der Waals surface area (Å²) in [6, 6.07) is 3.40. The van der Waals surface area contributed by atoms with E-state index >= 15 is 0 Å². The van der Waals surface area contributed by atoms with Crippen molar-refractivity contribution in [3.8, 4) is 5.75 Å². The predicted octanol–water partition coefficient (Wildman–Crippen LogP) is 4.47. The molecule has 2 aromatic heterocycles. The van der Waals surface area contributed by atoms with Crippen LogP contribution in [-0.4, -0.2) is 12.9 Å². The first kappa shape index (κ1) is 12.1. The number of carbonyl (C=O) groups excluding carboxylic acids is 1. The molecule has 0 unspecified atom stereocenters. The Balaban J connectivity index is 2.31. The Hall–Kier alpha value is -0.360. The van der Waals surface area contributed by atoms with Crippen LogP contribution in [-0.2, 0) is 0 Å². The van der Waals surface area contributed by atoms with Gasteiger partial charge < -0.3 is 4.74 Å². The summed E-state index contributed by atoms with van der Waals surface area (Å²) in [5.74, 6) is 0.681. The van der Waals surface area contributed by atoms with Crippen molar-refractivity contribution in [2.75, 3.05) is 7.11 Å². The van der Waals surface area contributed by atoms with E-state index in [9.17, 15) is 4.79 Å². The normalized spacial score (nSPS) is 10.4. The maximum Gasteiger partial charge on any atom is 0.213 e. The van der Waals surface area contributed by atoms with Crippen molar-refractivity contribution in [3.63, 3.8) is 0 Å². The molecule has 0 aliphatic rings. The van der Waals surface area contributed by atoms with Crippen LogP contribution in [0.15, 0.2) is 21.3 Å². The van der Waals surface area contributed by atoms with Crippen LogP contribution in [0.2, 0.25) is 5.02 Å². The molecule has 0 bridgehead atoms. The number of ketones is 1. The molecule has 0 aromatic carbocycles. The Morgan fingerprint density at radius 2 is 2.19 bits per heavy atom. The highest BCUT2D eigenvalue weighted by atomic mass is 79.9. The lowest BCUT2D eigenvalue weighted by molar-refractivity contribution is 0.104. The smallest absolute Gasteiger partial charge is 0.213 e. The van der Waals surface area contributed by atoms with E-state index in [0.29, 0.717) is 20.5 Å². The van der Waals surface area contributed by atoms with Gasteiger partial charge in [0.15, 0.2) is 0 Å². The highest BCUT2D eigenvalue weighted by Gasteiger charge is 2.16. The number of hydrogen-bond acceptors (Lipinski definition) is 4. The van der Waals surface area contributed by atoms with Gasteiger partial charge in [-0.25, -0.2) is 0 Å². The van der Waals surface area contributed by atoms with Gasteiger partial charge in [-0.3, -0.25) is 4.79 Å². The summed E-state index contributed by atoms with van der Waals surface area (Å²) in [5.41, 5.74) is 0. The molecule has 0 spiro atoms. The van der Waals surface area contributed by atoms with Crippen LogP contribution in [0.5, 0.6) is 5.75 Å². The fourth-order valence-corrected chi connectivity index (χ4v) is 3.65. The maximum atomic E-state index is 12.0. The summed E-state index contributed by atoms with van der Waals surface area (Å²) in [6.07, 6.45) is 0. The van der Waals surface area contributed by atoms with Crippen LogP contribution in [0.4, 0.5) is 0 Å². The number of rotatable bonds is 3. The zero-order valence-corrected chi connectivity index (χ0v) is 12.1. The van der Waals surface area contributed by atoms with Crippen molar-refractivity contribution < 1.29 is 9.53 Å². The van der Waals surface area contributed by atoms with Gasteiger partial charge in [0, 0.05) is 11.4 Å². The third-order valence-electron chi connectivity index (χ3n) is 1.90. The highest BCUT2D eigenvalue weighted by Crippen LogP contribution is 2.34. The third-order valence-corrected chi connectivity index (χ3v) is 5.28. The minimum absolute atomic E-state index is 0.0223.